The van der Waals surface area contributed by atoms with Crippen LogP contribution in [0.3, 0.4) is 0 Å². The molecule has 2 aromatic carbocycles. The Balaban J connectivity index is 1.67. The van der Waals surface area contributed by atoms with E-state index in [-0.39, 0.29) is 0 Å². The Kier molecular flexibility index (Phi) is 5.31. The second-order valence-electron chi connectivity index (χ2n) is 6.36. The van der Waals surface area contributed by atoms with Crippen molar-refractivity contribution < 1.29 is 4.74 Å². The third-order valence-corrected chi connectivity index (χ3v) is 4.36. The molecule has 0 amide bonds. The molecule has 0 spiro atoms. The van der Waals surface area contributed by atoms with E-state index in [9.17, 15) is 0 Å². The predicted molar refractivity (Wildman–Crippen MR) is 94.8 cm³/mol. The van der Waals surface area contributed by atoms with Gasteiger partial charge in [0, 0.05) is 32.7 Å². The molecule has 3 heteroatoms. The van der Waals surface area contributed by atoms with Crippen LogP contribution in [0.25, 0.3) is 0 Å². The first-order valence-corrected chi connectivity index (χ1v) is 8.42. The maximum absolute atomic E-state index is 6.07. The summed E-state index contributed by atoms with van der Waals surface area (Å²) in [5, 5.41) is 3.40. The number of piperazine rings is 1. The SMILES string of the molecule is Cc1cc(CN2CCNCC2)cc(C)c1OCc1ccccc1. The molecule has 0 atom stereocenters. The molecular formula is C20H26N2O. The average molecular weight is 310 g/mol. The molecule has 0 bridgehead atoms. The van der Waals surface area contributed by atoms with Crippen LogP contribution in [0.1, 0.15) is 22.3 Å². The summed E-state index contributed by atoms with van der Waals surface area (Å²) in [5.74, 6) is 1.03. The Labute approximate surface area is 139 Å². The standard InChI is InChI=1S/C20H26N2O/c1-16-12-19(14-22-10-8-21-9-11-22)13-17(2)20(16)23-15-18-6-4-3-5-7-18/h3-7,12-13,21H,8-11,14-15H2,1-2H3. The molecule has 2 aromatic rings. The highest BCUT2D eigenvalue weighted by Gasteiger charge is 2.12. The van der Waals surface area contributed by atoms with Crippen LogP contribution < -0.4 is 10.1 Å². The first-order valence-electron chi connectivity index (χ1n) is 8.42. The normalized spacial score (nSPS) is 15.6. The number of nitrogens with zero attached hydrogens (tertiary/aromatic N) is 1. The second kappa shape index (κ2) is 7.62. The monoisotopic (exact) mass is 310 g/mol. The van der Waals surface area contributed by atoms with Crippen LogP contribution in [0.2, 0.25) is 0 Å². The van der Waals surface area contributed by atoms with Gasteiger partial charge in [0.1, 0.15) is 12.4 Å². The molecule has 23 heavy (non-hydrogen) atoms. The Hall–Kier alpha value is -1.84. The zero-order valence-electron chi connectivity index (χ0n) is 14.1. The molecule has 1 aliphatic heterocycles. The fourth-order valence-electron chi connectivity index (χ4n) is 3.22. The van der Waals surface area contributed by atoms with Gasteiger partial charge < -0.3 is 10.1 Å². The first-order chi connectivity index (χ1) is 11.2. The average Bonchev–Trinajstić information content (AvgIpc) is 2.56. The van der Waals surface area contributed by atoms with E-state index in [0.29, 0.717) is 6.61 Å². The molecule has 3 rings (SSSR count). The minimum Gasteiger partial charge on any atom is -0.488 e. The second-order valence-corrected chi connectivity index (χ2v) is 6.36. The molecule has 0 unspecified atom stereocenters. The summed E-state index contributed by atoms with van der Waals surface area (Å²) in [7, 11) is 0. The van der Waals surface area contributed by atoms with Gasteiger partial charge in [0.05, 0.1) is 0 Å². The van der Waals surface area contributed by atoms with Gasteiger partial charge in [-0.05, 0) is 36.1 Å². The van der Waals surface area contributed by atoms with Crippen molar-refractivity contribution in [3.63, 3.8) is 0 Å². The van der Waals surface area contributed by atoms with Crippen LogP contribution in [0.15, 0.2) is 42.5 Å². The Morgan fingerprint density at radius 2 is 1.61 bits per heavy atom. The summed E-state index contributed by atoms with van der Waals surface area (Å²) in [6.07, 6.45) is 0. The highest BCUT2D eigenvalue weighted by atomic mass is 16.5. The molecule has 0 saturated carbocycles. The maximum Gasteiger partial charge on any atom is 0.125 e. The summed E-state index contributed by atoms with van der Waals surface area (Å²) in [5.41, 5.74) is 5.04. The van der Waals surface area contributed by atoms with Gasteiger partial charge >= 0.3 is 0 Å². The topological polar surface area (TPSA) is 24.5 Å². The smallest absolute Gasteiger partial charge is 0.125 e. The van der Waals surface area contributed by atoms with Crippen LogP contribution in [0.5, 0.6) is 5.75 Å². The van der Waals surface area contributed by atoms with Crippen LogP contribution >= 0.6 is 0 Å². The summed E-state index contributed by atoms with van der Waals surface area (Å²) >= 11 is 0. The number of rotatable bonds is 5. The van der Waals surface area contributed by atoms with Gasteiger partial charge in [-0.15, -0.1) is 0 Å². The lowest BCUT2D eigenvalue weighted by Gasteiger charge is -2.27. The molecular weight excluding hydrogens is 284 g/mol. The quantitative estimate of drug-likeness (QED) is 0.917. The molecule has 0 radical (unpaired) electrons. The van der Waals surface area contributed by atoms with Gasteiger partial charge in [0.2, 0.25) is 0 Å². The van der Waals surface area contributed by atoms with E-state index in [4.69, 9.17) is 4.74 Å². The number of benzene rings is 2. The fraction of sp³-hybridized carbons (Fsp3) is 0.400. The van der Waals surface area contributed by atoms with E-state index < -0.39 is 0 Å². The molecule has 0 aromatic heterocycles. The molecule has 1 N–H and O–H groups in total. The molecule has 3 nitrogen and oxygen atoms in total. The zero-order chi connectivity index (χ0) is 16.1. The summed E-state index contributed by atoms with van der Waals surface area (Å²) < 4.78 is 6.07. The van der Waals surface area contributed by atoms with Gasteiger partial charge in [-0.2, -0.15) is 0 Å². The van der Waals surface area contributed by atoms with Gasteiger partial charge in [-0.1, -0.05) is 42.5 Å². The predicted octanol–water partition coefficient (Wildman–Crippen LogP) is 3.29. The van der Waals surface area contributed by atoms with Crippen molar-refractivity contribution in [2.75, 3.05) is 26.2 Å². The molecule has 1 aliphatic rings. The molecule has 0 aliphatic carbocycles. The summed E-state index contributed by atoms with van der Waals surface area (Å²) in [4.78, 5) is 2.51. The van der Waals surface area contributed by atoms with E-state index in [2.05, 4.69) is 60.5 Å². The lowest BCUT2D eigenvalue weighted by atomic mass is 10.0. The lowest BCUT2D eigenvalue weighted by Crippen LogP contribution is -2.42. The van der Waals surface area contributed by atoms with E-state index in [1.807, 2.05) is 6.07 Å². The van der Waals surface area contributed by atoms with E-state index in [0.717, 1.165) is 38.5 Å². The van der Waals surface area contributed by atoms with Crippen LogP contribution in [0.4, 0.5) is 0 Å². The number of hydrogen-bond acceptors (Lipinski definition) is 3. The fourth-order valence-corrected chi connectivity index (χ4v) is 3.22. The number of aryl methyl sites for hydroxylation is 2. The summed E-state index contributed by atoms with van der Waals surface area (Å²) in [6, 6.07) is 14.9. The van der Waals surface area contributed by atoms with Crippen molar-refractivity contribution in [1.29, 1.82) is 0 Å². The van der Waals surface area contributed by atoms with E-state index >= 15 is 0 Å². The van der Waals surface area contributed by atoms with Crippen molar-refractivity contribution in [1.82, 2.24) is 10.2 Å². The van der Waals surface area contributed by atoms with Crippen molar-refractivity contribution in [3.05, 3.63) is 64.7 Å². The number of hydrogen-bond donors (Lipinski definition) is 1. The summed E-state index contributed by atoms with van der Waals surface area (Å²) in [6.45, 7) is 10.4. The van der Waals surface area contributed by atoms with E-state index in [1.54, 1.807) is 0 Å². The van der Waals surface area contributed by atoms with Gasteiger partial charge in [-0.3, -0.25) is 4.90 Å². The zero-order valence-corrected chi connectivity index (χ0v) is 14.1. The first kappa shape index (κ1) is 16.0. The maximum atomic E-state index is 6.07. The Morgan fingerprint density at radius 3 is 2.26 bits per heavy atom. The lowest BCUT2D eigenvalue weighted by molar-refractivity contribution is 0.233. The van der Waals surface area contributed by atoms with Crippen LogP contribution in [0, 0.1) is 13.8 Å². The molecule has 1 saturated heterocycles. The van der Waals surface area contributed by atoms with Gasteiger partial charge in [0.25, 0.3) is 0 Å². The van der Waals surface area contributed by atoms with Crippen molar-refractivity contribution in [2.24, 2.45) is 0 Å². The Bertz CT molecular complexity index is 610. The van der Waals surface area contributed by atoms with Crippen molar-refractivity contribution in [3.8, 4) is 5.75 Å². The van der Waals surface area contributed by atoms with E-state index in [1.165, 1.54) is 22.3 Å². The molecule has 1 fully saturated rings. The minimum atomic E-state index is 0.625. The highest BCUT2D eigenvalue weighted by Crippen LogP contribution is 2.26. The minimum absolute atomic E-state index is 0.625. The third-order valence-electron chi connectivity index (χ3n) is 4.36. The van der Waals surface area contributed by atoms with Crippen molar-refractivity contribution >= 4 is 0 Å². The van der Waals surface area contributed by atoms with Crippen LogP contribution in [-0.2, 0) is 13.2 Å². The van der Waals surface area contributed by atoms with Gasteiger partial charge in [-0.25, -0.2) is 0 Å². The van der Waals surface area contributed by atoms with Crippen LogP contribution in [-0.4, -0.2) is 31.1 Å². The highest BCUT2D eigenvalue weighted by molar-refractivity contribution is 5.43. The third kappa shape index (κ3) is 4.34. The Morgan fingerprint density at radius 1 is 0.957 bits per heavy atom. The molecule has 122 valence electrons. The number of nitrogens with one attached hydrogen (secondary N) is 1. The van der Waals surface area contributed by atoms with Gasteiger partial charge in [0.15, 0.2) is 0 Å². The van der Waals surface area contributed by atoms with Crippen molar-refractivity contribution in [2.45, 2.75) is 27.0 Å². The largest absolute Gasteiger partial charge is 0.488 e. The number of ether oxygens (including phenoxy) is 1. The molecule has 1 heterocycles.